The summed E-state index contributed by atoms with van der Waals surface area (Å²) in [6.45, 7) is 3.71. The molecule has 98 valence electrons. The predicted molar refractivity (Wildman–Crippen MR) is 74.2 cm³/mol. The Morgan fingerprint density at radius 1 is 1.41 bits per heavy atom. The van der Waals surface area contributed by atoms with Crippen LogP contribution in [0.4, 0.5) is 0 Å². The van der Waals surface area contributed by atoms with Crippen molar-refractivity contribution in [1.82, 2.24) is 4.90 Å². The molecule has 5 heteroatoms. The van der Waals surface area contributed by atoms with Gasteiger partial charge in [0.1, 0.15) is 0 Å². The van der Waals surface area contributed by atoms with Crippen LogP contribution in [0.3, 0.4) is 0 Å². The van der Waals surface area contributed by atoms with Gasteiger partial charge in [-0.15, -0.1) is 0 Å². The fourth-order valence-corrected chi connectivity index (χ4v) is 4.09. The van der Waals surface area contributed by atoms with Gasteiger partial charge in [0, 0.05) is 29.9 Å². The van der Waals surface area contributed by atoms with E-state index in [1.165, 1.54) is 0 Å². The topological polar surface area (TPSA) is 57.6 Å². The fraction of sp³-hybridized carbons (Fsp3) is 0.833. The zero-order chi connectivity index (χ0) is 13.4. The van der Waals surface area contributed by atoms with Crippen molar-refractivity contribution in [2.24, 2.45) is 16.7 Å². The Morgan fingerprint density at radius 3 is 2.29 bits per heavy atom. The zero-order valence-corrected chi connectivity index (χ0v) is 12.9. The van der Waals surface area contributed by atoms with Crippen LogP contribution in [0.1, 0.15) is 26.7 Å². The van der Waals surface area contributed by atoms with E-state index >= 15 is 0 Å². The van der Waals surface area contributed by atoms with Crippen molar-refractivity contribution in [3.63, 3.8) is 0 Å². The van der Waals surface area contributed by atoms with E-state index in [4.69, 9.17) is 0 Å². The number of carboxylic acid groups (broad SMARTS) is 1. The summed E-state index contributed by atoms with van der Waals surface area (Å²) in [5.41, 5.74) is -1.27. The van der Waals surface area contributed by atoms with Gasteiger partial charge in [0.15, 0.2) is 0 Å². The maximum atomic E-state index is 12.2. The van der Waals surface area contributed by atoms with E-state index in [1.807, 2.05) is 6.92 Å². The first-order valence-electron chi connectivity index (χ1n) is 5.71. The normalized spacial score (nSPS) is 36.9. The highest BCUT2D eigenvalue weighted by Crippen LogP contribution is 2.57. The van der Waals surface area contributed by atoms with Crippen LogP contribution in [-0.2, 0) is 9.59 Å². The Labute approximate surface area is 116 Å². The maximum Gasteiger partial charge on any atom is 0.309 e. The number of hydrogen-bond acceptors (Lipinski definition) is 2. The Balaban J connectivity index is 3.15. The average Bonchev–Trinajstić information content (AvgIpc) is 2.53. The minimum atomic E-state index is -0.801. The quantitative estimate of drug-likeness (QED) is 0.624. The molecule has 0 aliphatic heterocycles. The number of rotatable bonds is 3. The van der Waals surface area contributed by atoms with Gasteiger partial charge in [0.25, 0.3) is 0 Å². The van der Waals surface area contributed by atoms with Gasteiger partial charge < -0.3 is 10.0 Å². The summed E-state index contributed by atoms with van der Waals surface area (Å²) in [7, 11) is 3.46. The lowest BCUT2D eigenvalue weighted by Gasteiger charge is -2.40. The van der Waals surface area contributed by atoms with Gasteiger partial charge in [-0.3, -0.25) is 9.59 Å². The number of carbonyl (C=O) groups excluding carboxylic acids is 1. The highest BCUT2D eigenvalue weighted by Gasteiger charge is 2.60. The number of amides is 1. The van der Waals surface area contributed by atoms with Crippen LogP contribution in [0.2, 0.25) is 0 Å². The van der Waals surface area contributed by atoms with Crippen LogP contribution in [0, 0.1) is 16.7 Å². The van der Waals surface area contributed by atoms with Crippen molar-refractivity contribution in [1.29, 1.82) is 0 Å². The third-order valence-corrected chi connectivity index (χ3v) is 6.04. The molecule has 1 amide bonds. The molecule has 0 radical (unpaired) electrons. The highest BCUT2D eigenvalue weighted by atomic mass is 127. The predicted octanol–water partition coefficient (Wildman–Crippen LogP) is 2.02. The summed E-state index contributed by atoms with van der Waals surface area (Å²) in [5, 5.41) is 9.45. The molecular formula is C12H20INO3. The summed E-state index contributed by atoms with van der Waals surface area (Å²) in [5.74, 6) is -0.921. The minimum absolute atomic E-state index is 0.0501. The molecule has 17 heavy (non-hydrogen) atoms. The first-order valence-corrected chi connectivity index (χ1v) is 7.24. The van der Waals surface area contributed by atoms with Gasteiger partial charge >= 0.3 is 5.97 Å². The Kier molecular flexibility index (Phi) is 4.11. The van der Waals surface area contributed by atoms with Gasteiger partial charge in [0.2, 0.25) is 5.91 Å². The zero-order valence-electron chi connectivity index (χ0n) is 10.8. The number of alkyl halides is 1. The van der Waals surface area contributed by atoms with E-state index in [-0.39, 0.29) is 11.8 Å². The van der Waals surface area contributed by atoms with Crippen LogP contribution in [-0.4, -0.2) is 40.4 Å². The summed E-state index contributed by atoms with van der Waals surface area (Å²) < 4.78 is 0.678. The molecular weight excluding hydrogens is 333 g/mol. The smallest absolute Gasteiger partial charge is 0.309 e. The monoisotopic (exact) mass is 353 g/mol. The SMILES string of the molecule is CN(C)C(=O)[C@H]1CC[C@](C)(C(=O)O)[C@]1(C)CI. The summed E-state index contributed by atoms with van der Waals surface area (Å²) in [4.78, 5) is 25.2. The standard InChI is InChI=1S/C12H20INO3/c1-11(10(16)17)6-5-8(9(15)14(3)4)12(11,2)7-13/h8H,5-7H2,1-4H3,(H,16,17)/t8-,11-,12-/m1/s1. The molecule has 3 atom stereocenters. The minimum Gasteiger partial charge on any atom is -0.481 e. The maximum absolute atomic E-state index is 12.2. The van der Waals surface area contributed by atoms with E-state index in [0.717, 1.165) is 0 Å². The molecule has 0 spiro atoms. The largest absolute Gasteiger partial charge is 0.481 e. The number of carboxylic acids is 1. The molecule has 0 aromatic rings. The second-order valence-corrected chi connectivity index (χ2v) is 6.28. The molecule has 0 bridgehead atoms. The van der Waals surface area contributed by atoms with Crippen LogP contribution in [0.5, 0.6) is 0 Å². The second-order valence-electron chi connectivity index (χ2n) is 5.51. The number of nitrogens with zero attached hydrogens (tertiary/aromatic N) is 1. The highest BCUT2D eigenvalue weighted by molar-refractivity contribution is 14.1. The third-order valence-electron chi connectivity index (χ3n) is 4.45. The van der Waals surface area contributed by atoms with Gasteiger partial charge in [-0.1, -0.05) is 29.5 Å². The lowest BCUT2D eigenvalue weighted by molar-refractivity contribution is -0.155. The molecule has 1 N–H and O–H groups in total. The summed E-state index contributed by atoms with van der Waals surface area (Å²) >= 11 is 2.20. The van der Waals surface area contributed by atoms with Crippen LogP contribution < -0.4 is 0 Å². The van der Waals surface area contributed by atoms with E-state index in [9.17, 15) is 14.7 Å². The van der Waals surface area contributed by atoms with Gasteiger partial charge in [0.05, 0.1) is 5.41 Å². The van der Waals surface area contributed by atoms with E-state index in [0.29, 0.717) is 17.3 Å². The molecule has 1 aliphatic rings. The van der Waals surface area contributed by atoms with E-state index in [2.05, 4.69) is 22.6 Å². The third kappa shape index (κ3) is 2.06. The molecule has 0 aromatic carbocycles. The van der Waals surface area contributed by atoms with Crippen molar-refractivity contribution in [3.8, 4) is 0 Å². The van der Waals surface area contributed by atoms with Crippen molar-refractivity contribution in [2.45, 2.75) is 26.7 Å². The Morgan fingerprint density at radius 2 is 1.94 bits per heavy atom. The number of carbonyl (C=O) groups is 2. The molecule has 0 aromatic heterocycles. The first kappa shape index (κ1) is 14.7. The molecule has 0 unspecified atom stereocenters. The fourth-order valence-electron chi connectivity index (χ4n) is 2.72. The number of aliphatic carboxylic acids is 1. The van der Waals surface area contributed by atoms with Crippen LogP contribution >= 0.6 is 22.6 Å². The average molecular weight is 353 g/mol. The van der Waals surface area contributed by atoms with E-state index in [1.54, 1.807) is 25.9 Å². The molecule has 4 nitrogen and oxygen atoms in total. The molecule has 1 rings (SSSR count). The van der Waals surface area contributed by atoms with Gasteiger partial charge in [-0.25, -0.2) is 0 Å². The lowest BCUT2D eigenvalue weighted by atomic mass is 9.65. The molecule has 1 saturated carbocycles. The Bertz CT molecular complexity index is 345. The second kappa shape index (κ2) is 4.74. The van der Waals surface area contributed by atoms with Gasteiger partial charge in [-0.2, -0.15) is 0 Å². The van der Waals surface area contributed by atoms with Crippen molar-refractivity contribution >= 4 is 34.5 Å². The summed E-state index contributed by atoms with van der Waals surface area (Å²) in [6.07, 6.45) is 1.24. The van der Waals surface area contributed by atoms with Crippen LogP contribution in [0.25, 0.3) is 0 Å². The summed E-state index contributed by atoms with van der Waals surface area (Å²) in [6, 6.07) is 0. The first-order chi connectivity index (χ1) is 7.70. The number of hydrogen-bond donors (Lipinski definition) is 1. The lowest BCUT2D eigenvalue weighted by Crippen LogP contribution is -2.48. The molecule has 0 saturated heterocycles. The van der Waals surface area contributed by atoms with Crippen molar-refractivity contribution < 1.29 is 14.7 Å². The Hall–Kier alpha value is -0.330. The van der Waals surface area contributed by atoms with Crippen molar-refractivity contribution in [3.05, 3.63) is 0 Å². The van der Waals surface area contributed by atoms with Crippen molar-refractivity contribution in [2.75, 3.05) is 18.5 Å². The molecule has 1 aliphatic carbocycles. The van der Waals surface area contributed by atoms with Crippen LogP contribution in [0.15, 0.2) is 0 Å². The number of halogens is 1. The van der Waals surface area contributed by atoms with E-state index < -0.39 is 16.8 Å². The van der Waals surface area contributed by atoms with Gasteiger partial charge in [-0.05, 0) is 19.8 Å². The molecule has 0 heterocycles. The molecule has 1 fully saturated rings.